The molecule has 2 aromatic rings. The molecule has 0 saturated carbocycles. The first kappa shape index (κ1) is 12.5. The number of benzene rings is 2. The fourth-order valence-electron chi connectivity index (χ4n) is 1.63. The van der Waals surface area contributed by atoms with Gasteiger partial charge in [0.15, 0.2) is 0 Å². The van der Waals surface area contributed by atoms with Crippen molar-refractivity contribution in [2.24, 2.45) is 5.73 Å². The van der Waals surface area contributed by atoms with Crippen LogP contribution in [0.1, 0.15) is 11.1 Å². The highest BCUT2D eigenvalue weighted by molar-refractivity contribution is 7.99. The van der Waals surface area contributed by atoms with Crippen LogP contribution in [-0.2, 0) is 6.54 Å². The molecule has 0 aliphatic carbocycles. The predicted octanol–water partition coefficient (Wildman–Crippen LogP) is 4.26. The minimum Gasteiger partial charge on any atom is -0.326 e. The van der Waals surface area contributed by atoms with E-state index >= 15 is 0 Å². The zero-order valence-corrected chi connectivity index (χ0v) is 11.2. The zero-order chi connectivity index (χ0) is 12.3. The summed E-state index contributed by atoms with van der Waals surface area (Å²) in [6.45, 7) is 2.68. The minimum atomic E-state index is 0.591. The van der Waals surface area contributed by atoms with E-state index < -0.39 is 0 Å². The van der Waals surface area contributed by atoms with E-state index in [-0.39, 0.29) is 0 Å². The molecule has 0 fully saturated rings. The fraction of sp³-hybridized carbons (Fsp3) is 0.143. The number of aryl methyl sites for hydroxylation is 1. The summed E-state index contributed by atoms with van der Waals surface area (Å²) < 4.78 is 0. The lowest BCUT2D eigenvalue weighted by molar-refractivity contribution is 1.04. The van der Waals surface area contributed by atoms with Gasteiger partial charge in [-0.05, 0) is 48.4 Å². The standard InChI is InChI=1S/C14H14ClNS/c1-10-7-14(6-5-11(10)9-16)17-13-4-2-3-12(15)8-13/h2-8H,9,16H2,1H3. The van der Waals surface area contributed by atoms with Gasteiger partial charge in [0.25, 0.3) is 0 Å². The van der Waals surface area contributed by atoms with E-state index in [4.69, 9.17) is 17.3 Å². The van der Waals surface area contributed by atoms with Crippen molar-refractivity contribution in [3.05, 3.63) is 58.6 Å². The summed E-state index contributed by atoms with van der Waals surface area (Å²) in [6, 6.07) is 14.2. The molecule has 1 nitrogen and oxygen atoms in total. The quantitative estimate of drug-likeness (QED) is 0.896. The molecule has 0 aliphatic heterocycles. The molecule has 17 heavy (non-hydrogen) atoms. The summed E-state index contributed by atoms with van der Waals surface area (Å²) in [5.41, 5.74) is 8.08. The fourth-order valence-corrected chi connectivity index (χ4v) is 2.86. The molecule has 0 heterocycles. The van der Waals surface area contributed by atoms with E-state index in [9.17, 15) is 0 Å². The second-order valence-electron chi connectivity index (χ2n) is 3.85. The van der Waals surface area contributed by atoms with Crippen molar-refractivity contribution < 1.29 is 0 Å². The summed E-state index contributed by atoms with van der Waals surface area (Å²) in [5.74, 6) is 0. The number of hydrogen-bond acceptors (Lipinski definition) is 2. The average molecular weight is 264 g/mol. The molecule has 0 aromatic heterocycles. The van der Waals surface area contributed by atoms with Gasteiger partial charge in [0.05, 0.1) is 0 Å². The Morgan fingerprint density at radius 1 is 1.12 bits per heavy atom. The van der Waals surface area contributed by atoms with E-state index in [0.29, 0.717) is 6.54 Å². The normalized spacial score (nSPS) is 10.5. The summed E-state index contributed by atoms with van der Waals surface area (Å²) in [5, 5.41) is 0.769. The Bertz CT molecular complexity index is 525. The highest BCUT2D eigenvalue weighted by Crippen LogP contribution is 2.30. The lowest BCUT2D eigenvalue weighted by Crippen LogP contribution is -1.98. The number of rotatable bonds is 3. The first-order chi connectivity index (χ1) is 8.19. The van der Waals surface area contributed by atoms with E-state index in [1.54, 1.807) is 11.8 Å². The molecule has 0 atom stereocenters. The van der Waals surface area contributed by atoms with E-state index in [1.807, 2.05) is 18.2 Å². The third kappa shape index (κ3) is 3.25. The lowest BCUT2D eigenvalue weighted by atomic mass is 10.1. The molecule has 0 radical (unpaired) electrons. The second-order valence-corrected chi connectivity index (χ2v) is 5.44. The van der Waals surface area contributed by atoms with Crippen LogP contribution >= 0.6 is 23.4 Å². The van der Waals surface area contributed by atoms with Crippen LogP contribution in [-0.4, -0.2) is 0 Å². The predicted molar refractivity (Wildman–Crippen MR) is 74.6 cm³/mol. The Hall–Kier alpha value is -0.960. The summed E-state index contributed by atoms with van der Waals surface area (Å²) >= 11 is 7.67. The van der Waals surface area contributed by atoms with Gasteiger partial charge in [0.2, 0.25) is 0 Å². The topological polar surface area (TPSA) is 26.0 Å². The Morgan fingerprint density at radius 3 is 2.53 bits per heavy atom. The molecule has 0 bridgehead atoms. The highest BCUT2D eigenvalue weighted by atomic mass is 35.5. The molecule has 0 saturated heterocycles. The Balaban J connectivity index is 2.22. The lowest BCUT2D eigenvalue weighted by Gasteiger charge is -2.06. The van der Waals surface area contributed by atoms with Crippen LogP contribution in [0.5, 0.6) is 0 Å². The van der Waals surface area contributed by atoms with Gasteiger partial charge in [0.1, 0.15) is 0 Å². The van der Waals surface area contributed by atoms with Crippen molar-refractivity contribution >= 4 is 23.4 Å². The van der Waals surface area contributed by atoms with Crippen molar-refractivity contribution in [3.8, 4) is 0 Å². The summed E-state index contributed by atoms with van der Waals surface area (Å²) in [6.07, 6.45) is 0. The maximum atomic E-state index is 5.96. The van der Waals surface area contributed by atoms with Crippen LogP contribution < -0.4 is 5.73 Å². The van der Waals surface area contributed by atoms with E-state index in [2.05, 4.69) is 31.2 Å². The maximum absolute atomic E-state index is 5.96. The van der Waals surface area contributed by atoms with Gasteiger partial charge in [-0.2, -0.15) is 0 Å². The Morgan fingerprint density at radius 2 is 1.88 bits per heavy atom. The second kappa shape index (κ2) is 5.58. The van der Waals surface area contributed by atoms with Crippen molar-refractivity contribution in [3.63, 3.8) is 0 Å². The van der Waals surface area contributed by atoms with Crippen LogP contribution in [0.3, 0.4) is 0 Å². The number of nitrogens with two attached hydrogens (primary N) is 1. The molecular formula is C14H14ClNS. The molecule has 0 aliphatic rings. The van der Waals surface area contributed by atoms with Gasteiger partial charge in [-0.3, -0.25) is 0 Å². The average Bonchev–Trinajstić information content (AvgIpc) is 2.29. The van der Waals surface area contributed by atoms with Crippen LogP contribution in [0.4, 0.5) is 0 Å². The molecule has 3 heteroatoms. The number of hydrogen-bond donors (Lipinski definition) is 1. The Labute approximate surface area is 111 Å². The van der Waals surface area contributed by atoms with Crippen LogP contribution in [0.25, 0.3) is 0 Å². The van der Waals surface area contributed by atoms with E-state index in [1.165, 1.54) is 16.0 Å². The van der Waals surface area contributed by atoms with Gasteiger partial charge >= 0.3 is 0 Å². The molecular weight excluding hydrogens is 250 g/mol. The maximum Gasteiger partial charge on any atom is 0.0417 e. The first-order valence-electron chi connectivity index (χ1n) is 5.42. The zero-order valence-electron chi connectivity index (χ0n) is 9.61. The molecule has 2 aromatic carbocycles. The van der Waals surface area contributed by atoms with Gasteiger partial charge in [-0.1, -0.05) is 35.5 Å². The third-order valence-corrected chi connectivity index (χ3v) is 3.78. The van der Waals surface area contributed by atoms with Crippen LogP contribution in [0.15, 0.2) is 52.3 Å². The molecule has 2 N–H and O–H groups in total. The van der Waals surface area contributed by atoms with Crippen molar-refractivity contribution in [2.45, 2.75) is 23.3 Å². The summed E-state index contributed by atoms with van der Waals surface area (Å²) in [4.78, 5) is 2.36. The summed E-state index contributed by atoms with van der Waals surface area (Å²) in [7, 11) is 0. The van der Waals surface area contributed by atoms with Crippen LogP contribution in [0.2, 0.25) is 5.02 Å². The largest absolute Gasteiger partial charge is 0.326 e. The van der Waals surface area contributed by atoms with Gasteiger partial charge in [-0.25, -0.2) is 0 Å². The molecule has 2 rings (SSSR count). The van der Waals surface area contributed by atoms with Gasteiger partial charge in [0, 0.05) is 21.4 Å². The van der Waals surface area contributed by atoms with Crippen molar-refractivity contribution in [2.75, 3.05) is 0 Å². The molecule has 88 valence electrons. The van der Waals surface area contributed by atoms with Crippen molar-refractivity contribution in [1.82, 2.24) is 0 Å². The van der Waals surface area contributed by atoms with E-state index in [0.717, 1.165) is 9.92 Å². The van der Waals surface area contributed by atoms with Crippen molar-refractivity contribution in [1.29, 1.82) is 0 Å². The first-order valence-corrected chi connectivity index (χ1v) is 6.61. The molecule has 0 spiro atoms. The van der Waals surface area contributed by atoms with Gasteiger partial charge in [-0.15, -0.1) is 0 Å². The smallest absolute Gasteiger partial charge is 0.0417 e. The minimum absolute atomic E-state index is 0.591. The third-order valence-electron chi connectivity index (χ3n) is 2.57. The molecule has 0 unspecified atom stereocenters. The Kier molecular flexibility index (Phi) is 4.11. The number of halogens is 1. The molecule has 0 amide bonds. The SMILES string of the molecule is Cc1cc(Sc2cccc(Cl)c2)ccc1CN. The highest BCUT2D eigenvalue weighted by Gasteiger charge is 2.01. The van der Waals surface area contributed by atoms with Crippen LogP contribution in [0, 0.1) is 6.92 Å². The van der Waals surface area contributed by atoms with Gasteiger partial charge < -0.3 is 5.73 Å². The monoisotopic (exact) mass is 263 g/mol.